The fraction of sp³-hybridized carbons (Fsp3) is 0.136. The number of carbonyl (C=O) groups is 2. The van der Waals surface area contributed by atoms with Crippen LogP contribution in [0.2, 0.25) is 0 Å². The maximum Gasteiger partial charge on any atom is 0.262 e. The first-order valence-corrected chi connectivity index (χ1v) is 9.62. The van der Waals surface area contributed by atoms with Crippen molar-refractivity contribution in [2.75, 3.05) is 11.9 Å². The van der Waals surface area contributed by atoms with Gasteiger partial charge in [-0.05, 0) is 54.4 Å². The van der Waals surface area contributed by atoms with Crippen molar-refractivity contribution in [3.8, 4) is 5.75 Å². The zero-order valence-electron chi connectivity index (χ0n) is 15.3. The van der Waals surface area contributed by atoms with Gasteiger partial charge in [-0.1, -0.05) is 35.0 Å². The summed E-state index contributed by atoms with van der Waals surface area (Å²) in [6, 6.07) is 16.1. The Kier molecular flexibility index (Phi) is 6.55. The molecule has 0 aliphatic carbocycles. The van der Waals surface area contributed by atoms with Gasteiger partial charge in [0.2, 0.25) is 0 Å². The highest BCUT2D eigenvalue weighted by molar-refractivity contribution is 9.10. The van der Waals surface area contributed by atoms with Crippen molar-refractivity contribution in [3.63, 3.8) is 0 Å². The van der Waals surface area contributed by atoms with Crippen LogP contribution in [-0.4, -0.2) is 23.3 Å². The number of anilines is 1. The summed E-state index contributed by atoms with van der Waals surface area (Å²) in [6.07, 6.45) is 3.88. The monoisotopic (exact) mass is 438 g/mol. The second-order valence-electron chi connectivity index (χ2n) is 6.06. The van der Waals surface area contributed by atoms with Crippen molar-refractivity contribution in [2.24, 2.45) is 0 Å². The average Bonchev–Trinajstić information content (AvgIpc) is 2.72. The Balaban J connectivity index is 1.70. The normalized spacial score (nSPS) is 10.4. The van der Waals surface area contributed by atoms with E-state index in [1.54, 1.807) is 42.7 Å². The summed E-state index contributed by atoms with van der Waals surface area (Å²) in [5, 5.41) is 2.72. The number of carbonyl (C=O) groups excluding carboxylic acids is 2. The van der Waals surface area contributed by atoms with Gasteiger partial charge in [-0.3, -0.25) is 14.6 Å². The first-order valence-electron chi connectivity index (χ1n) is 8.83. The largest absolute Gasteiger partial charge is 0.483 e. The number of benzene rings is 2. The molecule has 0 aliphatic rings. The third-order valence-corrected chi connectivity index (χ3v) is 4.82. The number of nitrogens with one attached hydrogen (secondary N) is 1. The number of hydrogen-bond acceptors (Lipinski definition) is 4. The summed E-state index contributed by atoms with van der Waals surface area (Å²) in [4.78, 5) is 28.8. The van der Waals surface area contributed by atoms with Crippen LogP contribution < -0.4 is 10.1 Å². The maximum absolute atomic E-state index is 12.8. The summed E-state index contributed by atoms with van der Waals surface area (Å²) in [6.45, 7) is 1.85. The van der Waals surface area contributed by atoms with Gasteiger partial charge in [-0.25, -0.2) is 0 Å². The van der Waals surface area contributed by atoms with Crippen LogP contribution in [0.1, 0.15) is 28.4 Å². The van der Waals surface area contributed by atoms with Crippen molar-refractivity contribution >= 4 is 33.3 Å². The number of aryl methyl sites for hydroxylation is 1. The number of pyridine rings is 1. The van der Waals surface area contributed by atoms with Gasteiger partial charge in [0, 0.05) is 21.8 Å². The summed E-state index contributed by atoms with van der Waals surface area (Å²) in [5.74, 6) is 0.249. The molecule has 0 saturated carbocycles. The van der Waals surface area contributed by atoms with Crippen LogP contribution in [0.4, 0.5) is 5.69 Å². The van der Waals surface area contributed by atoms with E-state index < -0.39 is 0 Å². The molecule has 3 aromatic rings. The molecule has 0 bridgehead atoms. The zero-order valence-corrected chi connectivity index (χ0v) is 16.9. The number of hydrogen-bond donors (Lipinski definition) is 1. The van der Waals surface area contributed by atoms with E-state index in [9.17, 15) is 9.59 Å². The molecule has 1 heterocycles. The van der Waals surface area contributed by atoms with Gasteiger partial charge >= 0.3 is 0 Å². The molecule has 5 nitrogen and oxygen atoms in total. The van der Waals surface area contributed by atoms with Crippen molar-refractivity contribution in [1.82, 2.24) is 4.98 Å². The Morgan fingerprint density at radius 2 is 1.93 bits per heavy atom. The lowest BCUT2D eigenvalue weighted by atomic mass is 10.00. The Labute approximate surface area is 171 Å². The first-order chi connectivity index (χ1) is 13.6. The van der Waals surface area contributed by atoms with Gasteiger partial charge in [0.15, 0.2) is 12.4 Å². The molecule has 3 rings (SSSR count). The van der Waals surface area contributed by atoms with Gasteiger partial charge < -0.3 is 10.1 Å². The van der Waals surface area contributed by atoms with Crippen LogP contribution in [0, 0.1) is 0 Å². The highest BCUT2D eigenvalue weighted by atomic mass is 79.9. The average molecular weight is 439 g/mol. The number of halogens is 1. The Morgan fingerprint density at radius 3 is 2.64 bits per heavy atom. The van der Waals surface area contributed by atoms with Crippen LogP contribution >= 0.6 is 15.9 Å². The van der Waals surface area contributed by atoms with Crippen LogP contribution in [0.3, 0.4) is 0 Å². The smallest absolute Gasteiger partial charge is 0.262 e. The predicted molar refractivity (Wildman–Crippen MR) is 112 cm³/mol. The van der Waals surface area contributed by atoms with Crippen LogP contribution in [0.25, 0.3) is 0 Å². The lowest BCUT2D eigenvalue weighted by Crippen LogP contribution is -2.20. The summed E-state index contributed by atoms with van der Waals surface area (Å²) in [5.41, 5.74) is 2.67. The summed E-state index contributed by atoms with van der Waals surface area (Å²) >= 11 is 3.42. The van der Waals surface area contributed by atoms with E-state index in [1.165, 1.54) is 0 Å². The van der Waals surface area contributed by atoms with Crippen molar-refractivity contribution in [2.45, 2.75) is 13.3 Å². The molecule has 0 spiro atoms. The third-order valence-electron chi connectivity index (χ3n) is 4.13. The van der Waals surface area contributed by atoms with Gasteiger partial charge in [0.1, 0.15) is 5.75 Å². The maximum atomic E-state index is 12.8. The SMILES string of the molecule is CCc1cc(C(=O)c2ccccc2Br)ccc1OCC(=O)Nc1cccnc1. The second kappa shape index (κ2) is 9.28. The van der Waals surface area contributed by atoms with Crippen LogP contribution in [0.5, 0.6) is 5.75 Å². The number of amides is 1. The van der Waals surface area contributed by atoms with Crippen molar-refractivity contribution < 1.29 is 14.3 Å². The number of rotatable bonds is 7. The third kappa shape index (κ3) is 4.84. The molecule has 0 radical (unpaired) electrons. The summed E-state index contributed by atoms with van der Waals surface area (Å²) < 4.78 is 6.43. The number of ketones is 1. The molecule has 0 atom stereocenters. The van der Waals surface area contributed by atoms with E-state index in [2.05, 4.69) is 26.2 Å². The fourth-order valence-corrected chi connectivity index (χ4v) is 3.18. The molecule has 0 fully saturated rings. The number of nitrogens with zero attached hydrogens (tertiary/aromatic N) is 1. The minimum Gasteiger partial charge on any atom is -0.483 e. The zero-order chi connectivity index (χ0) is 19.9. The molecule has 0 aliphatic heterocycles. The first kappa shape index (κ1) is 19.8. The Morgan fingerprint density at radius 1 is 1.11 bits per heavy atom. The molecule has 142 valence electrons. The van der Waals surface area contributed by atoms with E-state index in [1.807, 2.05) is 31.2 Å². The van der Waals surface area contributed by atoms with Crippen molar-refractivity contribution in [3.05, 3.63) is 88.2 Å². The lowest BCUT2D eigenvalue weighted by Gasteiger charge is -2.12. The minimum atomic E-state index is -0.275. The predicted octanol–water partition coefficient (Wildman–Crippen LogP) is 4.66. The van der Waals surface area contributed by atoms with Gasteiger partial charge in [-0.15, -0.1) is 0 Å². The quantitative estimate of drug-likeness (QED) is 0.544. The molecule has 28 heavy (non-hydrogen) atoms. The molecule has 1 N–H and O–H groups in total. The molecule has 1 amide bonds. The fourth-order valence-electron chi connectivity index (χ4n) is 2.72. The van der Waals surface area contributed by atoms with E-state index >= 15 is 0 Å². The van der Waals surface area contributed by atoms with Gasteiger partial charge in [0.05, 0.1) is 11.9 Å². The van der Waals surface area contributed by atoms with E-state index in [0.717, 1.165) is 10.0 Å². The van der Waals surface area contributed by atoms with E-state index in [-0.39, 0.29) is 18.3 Å². The molecule has 1 aromatic heterocycles. The number of ether oxygens (including phenoxy) is 1. The second-order valence-corrected chi connectivity index (χ2v) is 6.92. The molecule has 2 aromatic carbocycles. The van der Waals surface area contributed by atoms with E-state index in [0.29, 0.717) is 29.0 Å². The molecule has 6 heteroatoms. The lowest BCUT2D eigenvalue weighted by molar-refractivity contribution is -0.118. The number of aromatic nitrogens is 1. The molecule has 0 unspecified atom stereocenters. The Hall–Kier alpha value is -2.99. The molecular formula is C22H19BrN2O3. The highest BCUT2D eigenvalue weighted by Crippen LogP contribution is 2.25. The van der Waals surface area contributed by atoms with Gasteiger partial charge in [0.25, 0.3) is 5.91 Å². The van der Waals surface area contributed by atoms with Crippen LogP contribution in [-0.2, 0) is 11.2 Å². The molecule has 0 saturated heterocycles. The Bertz CT molecular complexity index is 990. The van der Waals surface area contributed by atoms with Crippen LogP contribution in [0.15, 0.2) is 71.5 Å². The minimum absolute atomic E-state index is 0.0666. The highest BCUT2D eigenvalue weighted by Gasteiger charge is 2.15. The van der Waals surface area contributed by atoms with E-state index in [4.69, 9.17) is 4.74 Å². The molecular weight excluding hydrogens is 420 g/mol. The summed E-state index contributed by atoms with van der Waals surface area (Å²) in [7, 11) is 0. The standard InChI is InChI=1S/C22H19BrN2O3/c1-2-15-12-16(22(27)18-7-3-4-8-19(18)23)9-10-20(15)28-14-21(26)25-17-6-5-11-24-13-17/h3-13H,2,14H2,1H3,(H,25,26). The van der Waals surface area contributed by atoms with Crippen molar-refractivity contribution in [1.29, 1.82) is 0 Å². The van der Waals surface area contributed by atoms with Gasteiger partial charge in [-0.2, -0.15) is 0 Å². The topological polar surface area (TPSA) is 68.3 Å².